The minimum absolute atomic E-state index is 0.266. The fourth-order valence-corrected chi connectivity index (χ4v) is 2.57. The average molecular weight is 390 g/mol. The maximum atomic E-state index is 12.0. The zero-order valence-electron chi connectivity index (χ0n) is 10.7. The van der Waals surface area contributed by atoms with Gasteiger partial charge in [-0.05, 0) is 34.7 Å². The highest BCUT2D eigenvalue weighted by molar-refractivity contribution is 14.1. The molecule has 1 saturated heterocycles. The molecule has 0 atom stereocenters. The lowest BCUT2D eigenvalue weighted by molar-refractivity contribution is -0.148. The molecule has 2 amide bonds. The summed E-state index contributed by atoms with van der Waals surface area (Å²) in [5.74, 6) is -1.03. The number of carboxylic acid groups (broad SMARTS) is 1. The SMILES string of the molecule is O=C(Nc1ccccc1I)NC1(C(=O)O)CCOCC1. The number of nitrogens with one attached hydrogen (secondary N) is 2. The van der Waals surface area contributed by atoms with Crippen LogP contribution >= 0.6 is 22.6 Å². The lowest BCUT2D eigenvalue weighted by Gasteiger charge is -2.33. The number of benzene rings is 1. The van der Waals surface area contributed by atoms with Gasteiger partial charge in [0.05, 0.1) is 5.69 Å². The highest BCUT2D eigenvalue weighted by atomic mass is 127. The summed E-state index contributed by atoms with van der Waals surface area (Å²) in [4.78, 5) is 23.4. The summed E-state index contributed by atoms with van der Waals surface area (Å²) < 4.78 is 6.04. The first-order valence-electron chi connectivity index (χ1n) is 6.18. The van der Waals surface area contributed by atoms with Crippen molar-refractivity contribution >= 4 is 40.3 Å². The summed E-state index contributed by atoms with van der Waals surface area (Å²) in [6.45, 7) is 0.658. The zero-order chi connectivity index (χ0) is 14.6. The number of rotatable bonds is 3. The molecule has 0 aromatic heterocycles. The lowest BCUT2D eigenvalue weighted by Crippen LogP contribution is -2.58. The van der Waals surface area contributed by atoms with Crippen LogP contribution in [0.25, 0.3) is 0 Å². The molecule has 0 bridgehead atoms. The molecule has 1 heterocycles. The molecule has 7 heteroatoms. The summed E-state index contributed by atoms with van der Waals surface area (Å²) in [7, 11) is 0. The Labute approximate surface area is 130 Å². The predicted molar refractivity (Wildman–Crippen MR) is 81.7 cm³/mol. The summed E-state index contributed by atoms with van der Waals surface area (Å²) in [6, 6.07) is 6.77. The van der Waals surface area contributed by atoms with Crippen molar-refractivity contribution in [1.29, 1.82) is 0 Å². The van der Waals surface area contributed by atoms with Crippen LogP contribution in [-0.4, -0.2) is 35.9 Å². The van der Waals surface area contributed by atoms with Gasteiger partial charge in [-0.25, -0.2) is 9.59 Å². The molecule has 6 nitrogen and oxygen atoms in total. The van der Waals surface area contributed by atoms with Gasteiger partial charge in [0.1, 0.15) is 5.54 Å². The molecule has 1 aliphatic rings. The van der Waals surface area contributed by atoms with E-state index in [1.54, 1.807) is 12.1 Å². The molecule has 3 N–H and O–H groups in total. The van der Waals surface area contributed by atoms with Gasteiger partial charge in [0.25, 0.3) is 0 Å². The Hall–Kier alpha value is -1.35. The third-order valence-corrected chi connectivity index (χ3v) is 4.17. The van der Waals surface area contributed by atoms with Crippen molar-refractivity contribution in [1.82, 2.24) is 5.32 Å². The van der Waals surface area contributed by atoms with Gasteiger partial charge in [0, 0.05) is 29.6 Å². The number of hydrogen-bond donors (Lipinski definition) is 3. The molecule has 1 aliphatic heterocycles. The first-order valence-corrected chi connectivity index (χ1v) is 7.26. The van der Waals surface area contributed by atoms with Crippen LogP contribution in [0, 0.1) is 3.57 Å². The molecule has 108 valence electrons. The van der Waals surface area contributed by atoms with Crippen molar-refractivity contribution in [3.8, 4) is 0 Å². The molecule has 1 fully saturated rings. The van der Waals surface area contributed by atoms with Gasteiger partial charge in [-0.2, -0.15) is 0 Å². The number of ether oxygens (including phenoxy) is 1. The number of hydrogen-bond acceptors (Lipinski definition) is 3. The van der Waals surface area contributed by atoms with Gasteiger partial charge in [-0.1, -0.05) is 12.1 Å². The van der Waals surface area contributed by atoms with Gasteiger partial charge < -0.3 is 20.5 Å². The number of para-hydroxylation sites is 1. The van der Waals surface area contributed by atoms with Crippen LogP contribution in [0.1, 0.15) is 12.8 Å². The van der Waals surface area contributed by atoms with E-state index in [0.717, 1.165) is 3.57 Å². The van der Waals surface area contributed by atoms with Gasteiger partial charge in [-0.3, -0.25) is 0 Å². The Balaban J connectivity index is 2.06. The molecule has 0 spiro atoms. The number of urea groups is 1. The highest BCUT2D eigenvalue weighted by Gasteiger charge is 2.41. The number of carbonyl (C=O) groups is 2. The first kappa shape index (κ1) is 15.0. The number of halogens is 1. The Morgan fingerprint density at radius 2 is 1.90 bits per heavy atom. The van der Waals surface area contributed by atoms with Crippen molar-refractivity contribution in [2.24, 2.45) is 0 Å². The third-order valence-electron chi connectivity index (χ3n) is 3.23. The van der Waals surface area contributed by atoms with E-state index in [0.29, 0.717) is 18.9 Å². The molecule has 0 unspecified atom stereocenters. The maximum Gasteiger partial charge on any atom is 0.329 e. The van der Waals surface area contributed by atoms with E-state index in [1.165, 1.54) is 0 Å². The van der Waals surface area contributed by atoms with Gasteiger partial charge in [-0.15, -0.1) is 0 Å². The lowest BCUT2D eigenvalue weighted by atomic mass is 9.90. The van der Waals surface area contributed by atoms with Crippen LogP contribution in [0.4, 0.5) is 10.5 Å². The van der Waals surface area contributed by atoms with Crippen LogP contribution in [-0.2, 0) is 9.53 Å². The van der Waals surface area contributed by atoms with Gasteiger partial charge in [0.2, 0.25) is 0 Å². The summed E-state index contributed by atoms with van der Waals surface area (Å²) in [5.41, 5.74) is -0.596. The monoisotopic (exact) mass is 390 g/mol. The third kappa shape index (κ3) is 3.40. The van der Waals surface area contributed by atoms with Crippen molar-refractivity contribution in [2.75, 3.05) is 18.5 Å². The summed E-state index contributed by atoms with van der Waals surface area (Å²) in [5, 5.41) is 14.6. The largest absolute Gasteiger partial charge is 0.480 e. The van der Waals surface area contributed by atoms with Crippen LogP contribution in [0.15, 0.2) is 24.3 Å². The van der Waals surface area contributed by atoms with Crippen LogP contribution < -0.4 is 10.6 Å². The van der Waals surface area contributed by atoms with E-state index in [-0.39, 0.29) is 12.8 Å². The quantitative estimate of drug-likeness (QED) is 0.690. The smallest absolute Gasteiger partial charge is 0.329 e. The van der Waals surface area contributed by atoms with Crippen LogP contribution in [0.5, 0.6) is 0 Å². The molecule has 20 heavy (non-hydrogen) atoms. The molecular weight excluding hydrogens is 375 g/mol. The van der Waals surface area contributed by atoms with Crippen molar-refractivity contribution in [3.05, 3.63) is 27.8 Å². The van der Waals surface area contributed by atoms with Crippen molar-refractivity contribution in [2.45, 2.75) is 18.4 Å². The van der Waals surface area contributed by atoms with Gasteiger partial charge in [0.15, 0.2) is 0 Å². The fourth-order valence-electron chi connectivity index (χ4n) is 2.05. The molecule has 2 rings (SSSR count). The number of anilines is 1. The molecule has 0 aliphatic carbocycles. The second kappa shape index (κ2) is 6.40. The minimum atomic E-state index is -1.25. The Bertz CT molecular complexity index is 515. The highest BCUT2D eigenvalue weighted by Crippen LogP contribution is 2.22. The topological polar surface area (TPSA) is 87.7 Å². The Kier molecular flexibility index (Phi) is 4.81. The number of carbonyl (C=O) groups excluding carboxylic acids is 1. The maximum absolute atomic E-state index is 12.0. The first-order chi connectivity index (χ1) is 9.53. The Morgan fingerprint density at radius 1 is 1.25 bits per heavy atom. The fraction of sp³-hybridized carbons (Fsp3) is 0.385. The van der Waals surface area contributed by atoms with E-state index in [1.807, 2.05) is 12.1 Å². The minimum Gasteiger partial charge on any atom is -0.480 e. The summed E-state index contributed by atoms with van der Waals surface area (Å²) in [6.07, 6.45) is 0.531. The standard InChI is InChI=1S/C13H15IN2O4/c14-9-3-1-2-4-10(9)15-12(19)16-13(11(17)18)5-7-20-8-6-13/h1-4H,5-8H2,(H,17,18)(H2,15,16,19). The van der Waals surface area contributed by atoms with Crippen molar-refractivity contribution < 1.29 is 19.4 Å². The predicted octanol–water partition coefficient (Wildman–Crippen LogP) is 2.05. The van der Waals surface area contributed by atoms with Crippen LogP contribution in [0.2, 0.25) is 0 Å². The second-order valence-corrected chi connectivity index (χ2v) is 5.72. The average Bonchev–Trinajstić information content (AvgIpc) is 2.42. The van der Waals surface area contributed by atoms with E-state index in [4.69, 9.17) is 4.74 Å². The number of amides is 2. The van der Waals surface area contributed by atoms with Crippen molar-refractivity contribution in [3.63, 3.8) is 0 Å². The molecule has 1 aromatic carbocycles. The molecule has 0 radical (unpaired) electrons. The number of carboxylic acids is 1. The van der Waals surface area contributed by atoms with Crippen LogP contribution in [0.3, 0.4) is 0 Å². The normalized spacial score (nSPS) is 17.2. The molecule has 1 aromatic rings. The van der Waals surface area contributed by atoms with Gasteiger partial charge >= 0.3 is 12.0 Å². The summed E-state index contributed by atoms with van der Waals surface area (Å²) >= 11 is 2.10. The zero-order valence-corrected chi connectivity index (χ0v) is 12.8. The molecular formula is C13H15IN2O4. The Morgan fingerprint density at radius 3 is 2.50 bits per heavy atom. The van der Waals surface area contributed by atoms with E-state index in [9.17, 15) is 14.7 Å². The molecule has 0 saturated carbocycles. The van der Waals surface area contributed by atoms with E-state index in [2.05, 4.69) is 33.2 Å². The van der Waals surface area contributed by atoms with E-state index >= 15 is 0 Å². The number of aliphatic carboxylic acids is 1. The second-order valence-electron chi connectivity index (χ2n) is 4.56. The van der Waals surface area contributed by atoms with E-state index < -0.39 is 17.5 Å².